The minimum atomic E-state index is -0.0696. The molecule has 4 nitrogen and oxygen atoms in total. The fourth-order valence-electron chi connectivity index (χ4n) is 2.36. The molecule has 1 amide bonds. The van der Waals surface area contributed by atoms with Crippen molar-refractivity contribution >= 4 is 17.5 Å². The zero-order valence-corrected chi connectivity index (χ0v) is 14.1. The summed E-state index contributed by atoms with van der Waals surface area (Å²) in [6, 6.07) is 7.59. The monoisotopic (exact) mass is 311 g/mol. The van der Waals surface area contributed by atoms with Gasteiger partial charge in [-0.05, 0) is 24.6 Å². The number of nitrogens with two attached hydrogens (primary N) is 1. The van der Waals surface area contributed by atoms with Gasteiger partial charge in [0.15, 0.2) is 0 Å². The van der Waals surface area contributed by atoms with E-state index in [9.17, 15) is 4.79 Å². The van der Waals surface area contributed by atoms with Crippen LogP contribution in [0, 0.1) is 0 Å². The summed E-state index contributed by atoms with van der Waals surface area (Å²) in [5.41, 5.74) is 7.31. The number of carbonyl (C=O) groups excluding carboxylic acids is 1. The molecule has 1 aromatic rings. The summed E-state index contributed by atoms with van der Waals surface area (Å²) in [6.07, 6.45) is 0.822. The quantitative estimate of drug-likeness (QED) is 0.842. The highest BCUT2D eigenvalue weighted by molar-refractivity contribution is 6.31. The van der Waals surface area contributed by atoms with Gasteiger partial charge in [-0.15, -0.1) is 0 Å². The number of nitrogens with zero attached hydrogens (tertiary/aromatic N) is 2. The predicted molar refractivity (Wildman–Crippen MR) is 88.4 cm³/mol. The molecule has 1 rings (SSSR count). The molecule has 2 atom stereocenters. The van der Waals surface area contributed by atoms with Crippen LogP contribution in [0.2, 0.25) is 5.02 Å². The van der Waals surface area contributed by atoms with Crippen LogP contribution in [0.1, 0.15) is 31.9 Å². The van der Waals surface area contributed by atoms with Gasteiger partial charge < -0.3 is 10.6 Å². The summed E-state index contributed by atoms with van der Waals surface area (Å²) >= 11 is 6.34. The number of hydrogen-bond acceptors (Lipinski definition) is 3. The van der Waals surface area contributed by atoms with Crippen LogP contribution in [-0.2, 0) is 4.79 Å². The summed E-state index contributed by atoms with van der Waals surface area (Å²) in [5.74, 6) is 0.0669. The Kier molecular flexibility index (Phi) is 7.15. The highest BCUT2D eigenvalue weighted by Gasteiger charge is 2.28. The first-order chi connectivity index (χ1) is 9.92. The van der Waals surface area contributed by atoms with Crippen molar-refractivity contribution in [2.24, 2.45) is 5.73 Å². The molecule has 118 valence electrons. The molecule has 0 saturated heterocycles. The van der Waals surface area contributed by atoms with Gasteiger partial charge in [0.2, 0.25) is 5.91 Å². The van der Waals surface area contributed by atoms with E-state index in [2.05, 4.69) is 11.8 Å². The lowest BCUT2D eigenvalue weighted by Crippen LogP contribution is -2.45. The van der Waals surface area contributed by atoms with E-state index in [1.165, 1.54) is 0 Å². The lowest BCUT2D eigenvalue weighted by Gasteiger charge is -2.35. The Bertz CT molecular complexity index is 465. The van der Waals surface area contributed by atoms with E-state index < -0.39 is 0 Å². The number of hydrogen-bond donors (Lipinski definition) is 1. The molecular weight excluding hydrogens is 286 g/mol. The molecule has 21 heavy (non-hydrogen) atoms. The SMILES string of the molecule is CCC(N)C(c1ccccc1Cl)N(CC)CC(=O)N(C)C. The molecule has 0 fully saturated rings. The number of benzene rings is 1. The topological polar surface area (TPSA) is 49.6 Å². The molecule has 1 aromatic carbocycles. The molecule has 5 heteroatoms. The summed E-state index contributed by atoms with van der Waals surface area (Å²) in [4.78, 5) is 15.8. The fourth-order valence-corrected chi connectivity index (χ4v) is 2.61. The van der Waals surface area contributed by atoms with E-state index in [1.807, 2.05) is 31.2 Å². The average Bonchev–Trinajstić information content (AvgIpc) is 2.47. The fraction of sp³-hybridized carbons (Fsp3) is 0.562. The Labute approximate surface area is 132 Å². The van der Waals surface area contributed by atoms with Crippen molar-refractivity contribution in [1.82, 2.24) is 9.80 Å². The molecule has 0 aliphatic rings. The van der Waals surface area contributed by atoms with Gasteiger partial charge >= 0.3 is 0 Å². The molecular formula is C16H26ClN3O. The summed E-state index contributed by atoms with van der Waals surface area (Å²) < 4.78 is 0. The van der Waals surface area contributed by atoms with Gasteiger partial charge in [0, 0.05) is 25.2 Å². The van der Waals surface area contributed by atoms with E-state index in [1.54, 1.807) is 19.0 Å². The number of carbonyl (C=O) groups is 1. The molecule has 2 unspecified atom stereocenters. The summed E-state index contributed by atoms with van der Waals surface area (Å²) in [7, 11) is 3.53. The number of halogens is 1. The highest BCUT2D eigenvalue weighted by atomic mass is 35.5. The van der Waals surface area contributed by atoms with Crippen LogP contribution in [0.3, 0.4) is 0 Å². The normalized spacial score (nSPS) is 14.0. The first kappa shape index (κ1) is 18.0. The van der Waals surface area contributed by atoms with Crippen molar-refractivity contribution in [2.45, 2.75) is 32.4 Å². The standard InChI is InChI=1S/C16H26ClN3O/c1-5-14(18)16(12-9-7-8-10-13(12)17)20(6-2)11-15(21)19(3)4/h7-10,14,16H,5-6,11,18H2,1-4H3. The maximum absolute atomic E-state index is 12.1. The van der Waals surface area contributed by atoms with Crippen LogP contribution in [0.15, 0.2) is 24.3 Å². The van der Waals surface area contributed by atoms with Gasteiger partial charge in [-0.3, -0.25) is 9.69 Å². The van der Waals surface area contributed by atoms with E-state index in [0.717, 1.165) is 18.5 Å². The maximum Gasteiger partial charge on any atom is 0.236 e. The molecule has 0 radical (unpaired) electrons. The minimum absolute atomic E-state index is 0.0578. The third kappa shape index (κ3) is 4.70. The molecule has 0 aliphatic heterocycles. The van der Waals surface area contributed by atoms with E-state index >= 15 is 0 Å². The summed E-state index contributed by atoms with van der Waals surface area (Å²) in [5, 5.41) is 0.696. The van der Waals surface area contributed by atoms with Crippen LogP contribution in [0.25, 0.3) is 0 Å². The van der Waals surface area contributed by atoms with Crippen molar-refractivity contribution in [3.8, 4) is 0 Å². The third-order valence-electron chi connectivity index (χ3n) is 3.74. The van der Waals surface area contributed by atoms with Gasteiger partial charge in [-0.25, -0.2) is 0 Å². The summed E-state index contributed by atoms with van der Waals surface area (Å²) in [6.45, 7) is 5.17. The molecule has 2 N–H and O–H groups in total. The van der Waals surface area contributed by atoms with Crippen molar-refractivity contribution in [2.75, 3.05) is 27.2 Å². The molecule has 0 aliphatic carbocycles. The Balaban J connectivity index is 3.11. The minimum Gasteiger partial charge on any atom is -0.348 e. The number of likely N-dealkylation sites (N-methyl/N-ethyl adjacent to an activating group) is 2. The zero-order valence-electron chi connectivity index (χ0n) is 13.3. The van der Waals surface area contributed by atoms with Gasteiger partial charge in [-0.1, -0.05) is 43.6 Å². The van der Waals surface area contributed by atoms with Crippen LogP contribution in [-0.4, -0.2) is 48.9 Å². The van der Waals surface area contributed by atoms with Gasteiger partial charge in [0.25, 0.3) is 0 Å². The van der Waals surface area contributed by atoms with Crippen molar-refractivity contribution in [3.63, 3.8) is 0 Å². The van der Waals surface area contributed by atoms with Crippen molar-refractivity contribution < 1.29 is 4.79 Å². The van der Waals surface area contributed by atoms with E-state index in [4.69, 9.17) is 17.3 Å². The second-order valence-corrected chi connectivity index (χ2v) is 5.80. The first-order valence-electron chi connectivity index (χ1n) is 7.36. The Morgan fingerprint density at radius 1 is 1.29 bits per heavy atom. The second kappa shape index (κ2) is 8.37. The molecule has 0 heterocycles. The Morgan fingerprint density at radius 3 is 2.38 bits per heavy atom. The van der Waals surface area contributed by atoms with Crippen LogP contribution in [0.4, 0.5) is 0 Å². The number of amides is 1. The van der Waals surface area contributed by atoms with Gasteiger partial charge in [0.05, 0.1) is 12.6 Å². The van der Waals surface area contributed by atoms with Crippen LogP contribution >= 0.6 is 11.6 Å². The average molecular weight is 312 g/mol. The van der Waals surface area contributed by atoms with E-state index in [0.29, 0.717) is 11.6 Å². The maximum atomic E-state index is 12.1. The first-order valence-corrected chi connectivity index (χ1v) is 7.74. The second-order valence-electron chi connectivity index (χ2n) is 5.39. The lowest BCUT2D eigenvalue weighted by molar-refractivity contribution is -0.130. The largest absolute Gasteiger partial charge is 0.348 e. The molecule has 0 saturated carbocycles. The third-order valence-corrected chi connectivity index (χ3v) is 4.08. The molecule has 0 bridgehead atoms. The Morgan fingerprint density at radius 2 is 1.90 bits per heavy atom. The zero-order chi connectivity index (χ0) is 16.0. The van der Waals surface area contributed by atoms with Crippen LogP contribution in [0.5, 0.6) is 0 Å². The van der Waals surface area contributed by atoms with Gasteiger partial charge in [0.1, 0.15) is 0 Å². The van der Waals surface area contributed by atoms with E-state index in [-0.39, 0.29) is 18.0 Å². The number of rotatable bonds is 7. The predicted octanol–water partition coefficient (Wildman–Crippen LogP) is 2.53. The van der Waals surface area contributed by atoms with Crippen LogP contribution < -0.4 is 5.73 Å². The smallest absolute Gasteiger partial charge is 0.236 e. The molecule has 0 spiro atoms. The lowest BCUT2D eigenvalue weighted by atomic mass is 9.96. The van der Waals surface area contributed by atoms with Crippen molar-refractivity contribution in [1.29, 1.82) is 0 Å². The highest BCUT2D eigenvalue weighted by Crippen LogP contribution is 2.30. The molecule has 0 aromatic heterocycles. The van der Waals surface area contributed by atoms with Crippen molar-refractivity contribution in [3.05, 3.63) is 34.9 Å². The van der Waals surface area contributed by atoms with Gasteiger partial charge in [-0.2, -0.15) is 0 Å². The Hall–Kier alpha value is -1.10.